The van der Waals surface area contributed by atoms with Crippen LogP contribution in [0, 0.1) is 0 Å². The molecule has 1 rings (SSSR count). The molecular formula is C11H20ClN3O2. The number of hydrogen-bond donors (Lipinski definition) is 1. The molecule has 0 aliphatic rings. The number of nitrogens with one attached hydrogen (secondary N) is 1. The summed E-state index contributed by atoms with van der Waals surface area (Å²) in [6, 6.07) is 0. The number of nitrogens with zero attached hydrogens (tertiary/aromatic N) is 2. The van der Waals surface area contributed by atoms with E-state index in [4.69, 9.17) is 21.1 Å². The summed E-state index contributed by atoms with van der Waals surface area (Å²) in [4.78, 5) is 0. The molecule has 98 valence electrons. The number of halogens is 1. The fourth-order valence-electron chi connectivity index (χ4n) is 1.51. The Hall–Kier alpha value is -0.620. The highest BCUT2D eigenvalue weighted by molar-refractivity contribution is 6.31. The third-order valence-electron chi connectivity index (χ3n) is 2.43. The van der Waals surface area contributed by atoms with Crippen LogP contribution >= 0.6 is 11.6 Å². The first-order valence-corrected chi connectivity index (χ1v) is 6.06. The van der Waals surface area contributed by atoms with Gasteiger partial charge < -0.3 is 14.8 Å². The lowest BCUT2D eigenvalue weighted by Crippen LogP contribution is -2.23. The zero-order valence-corrected chi connectivity index (χ0v) is 11.2. The lowest BCUT2D eigenvalue weighted by molar-refractivity contribution is 0.182. The first-order valence-electron chi connectivity index (χ1n) is 5.68. The number of rotatable bonds is 9. The average molecular weight is 262 g/mol. The lowest BCUT2D eigenvalue weighted by atomic mass is 10.3. The SMILES string of the molecule is COCCNCCc1c(Cl)cnn1CCOC. The molecule has 1 aromatic heterocycles. The van der Waals surface area contributed by atoms with Crippen molar-refractivity contribution in [3.05, 3.63) is 16.9 Å². The Kier molecular flexibility index (Phi) is 7.19. The van der Waals surface area contributed by atoms with Gasteiger partial charge >= 0.3 is 0 Å². The molecular weight excluding hydrogens is 242 g/mol. The van der Waals surface area contributed by atoms with E-state index in [-0.39, 0.29) is 0 Å². The summed E-state index contributed by atoms with van der Waals surface area (Å²) in [6.45, 7) is 3.80. The van der Waals surface area contributed by atoms with Crippen LogP contribution in [-0.4, -0.2) is 50.3 Å². The first kappa shape index (κ1) is 14.4. The number of aromatic nitrogens is 2. The van der Waals surface area contributed by atoms with Crippen LogP contribution in [0.25, 0.3) is 0 Å². The van der Waals surface area contributed by atoms with E-state index in [1.807, 2.05) is 4.68 Å². The van der Waals surface area contributed by atoms with Gasteiger partial charge in [-0.25, -0.2) is 0 Å². The van der Waals surface area contributed by atoms with Crippen molar-refractivity contribution in [3.8, 4) is 0 Å². The molecule has 0 radical (unpaired) electrons. The Morgan fingerprint density at radius 1 is 1.29 bits per heavy atom. The third-order valence-corrected chi connectivity index (χ3v) is 2.74. The van der Waals surface area contributed by atoms with Crippen LogP contribution in [0.15, 0.2) is 6.20 Å². The largest absolute Gasteiger partial charge is 0.383 e. The summed E-state index contributed by atoms with van der Waals surface area (Å²) in [5.74, 6) is 0. The zero-order chi connectivity index (χ0) is 12.5. The molecule has 0 bridgehead atoms. The van der Waals surface area contributed by atoms with Gasteiger partial charge in [-0.1, -0.05) is 11.6 Å². The van der Waals surface area contributed by atoms with Crippen LogP contribution in [0.2, 0.25) is 5.02 Å². The molecule has 0 aliphatic carbocycles. The topological polar surface area (TPSA) is 48.3 Å². The van der Waals surface area contributed by atoms with E-state index in [1.54, 1.807) is 20.4 Å². The molecule has 0 saturated heterocycles. The summed E-state index contributed by atoms with van der Waals surface area (Å²) < 4.78 is 11.9. The van der Waals surface area contributed by atoms with Gasteiger partial charge in [-0.05, 0) is 0 Å². The fraction of sp³-hybridized carbons (Fsp3) is 0.727. The monoisotopic (exact) mass is 261 g/mol. The van der Waals surface area contributed by atoms with Gasteiger partial charge in [0.25, 0.3) is 0 Å². The van der Waals surface area contributed by atoms with Crippen LogP contribution in [-0.2, 0) is 22.4 Å². The van der Waals surface area contributed by atoms with Gasteiger partial charge in [0.2, 0.25) is 0 Å². The number of ether oxygens (including phenoxy) is 2. The molecule has 0 saturated carbocycles. The zero-order valence-electron chi connectivity index (χ0n) is 10.4. The summed E-state index contributed by atoms with van der Waals surface area (Å²) >= 11 is 6.09. The van der Waals surface area contributed by atoms with Gasteiger partial charge in [-0.15, -0.1) is 0 Å². The van der Waals surface area contributed by atoms with Gasteiger partial charge in [0.15, 0.2) is 0 Å². The molecule has 1 heterocycles. The highest BCUT2D eigenvalue weighted by Crippen LogP contribution is 2.15. The van der Waals surface area contributed by atoms with E-state index in [0.717, 1.165) is 43.4 Å². The summed E-state index contributed by atoms with van der Waals surface area (Å²) in [7, 11) is 3.37. The molecule has 1 aromatic rings. The summed E-state index contributed by atoms with van der Waals surface area (Å²) in [5.41, 5.74) is 1.05. The first-order chi connectivity index (χ1) is 8.29. The Balaban J connectivity index is 2.37. The van der Waals surface area contributed by atoms with Crippen LogP contribution in [0.4, 0.5) is 0 Å². The van der Waals surface area contributed by atoms with Crippen molar-refractivity contribution in [2.24, 2.45) is 0 Å². The van der Waals surface area contributed by atoms with Crippen molar-refractivity contribution in [3.63, 3.8) is 0 Å². The van der Waals surface area contributed by atoms with E-state index in [0.29, 0.717) is 6.61 Å². The molecule has 1 N–H and O–H groups in total. The maximum absolute atomic E-state index is 6.09. The summed E-state index contributed by atoms with van der Waals surface area (Å²) in [5, 5.41) is 8.22. The van der Waals surface area contributed by atoms with Crippen molar-refractivity contribution in [1.29, 1.82) is 0 Å². The van der Waals surface area contributed by atoms with Crippen molar-refractivity contribution in [1.82, 2.24) is 15.1 Å². The van der Waals surface area contributed by atoms with Gasteiger partial charge in [0, 0.05) is 33.7 Å². The van der Waals surface area contributed by atoms with E-state index < -0.39 is 0 Å². The van der Waals surface area contributed by atoms with Crippen LogP contribution in [0.5, 0.6) is 0 Å². The number of methoxy groups -OCH3 is 2. The molecule has 5 nitrogen and oxygen atoms in total. The Morgan fingerprint density at radius 2 is 2.06 bits per heavy atom. The predicted molar refractivity (Wildman–Crippen MR) is 67.6 cm³/mol. The van der Waals surface area contributed by atoms with Crippen molar-refractivity contribution in [2.45, 2.75) is 13.0 Å². The van der Waals surface area contributed by atoms with Crippen LogP contribution in [0.1, 0.15) is 5.69 Å². The maximum atomic E-state index is 6.09. The molecule has 0 amide bonds. The van der Waals surface area contributed by atoms with Gasteiger partial charge in [-0.2, -0.15) is 5.10 Å². The molecule has 0 unspecified atom stereocenters. The van der Waals surface area contributed by atoms with Crippen LogP contribution < -0.4 is 5.32 Å². The lowest BCUT2D eigenvalue weighted by Gasteiger charge is -2.08. The minimum Gasteiger partial charge on any atom is -0.383 e. The van der Waals surface area contributed by atoms with Gasteiger partial charge in [-0.3, -0.25) is 4.68 Å². The van der Waals surface area contributed by atoms with Crippen molar-refractivity contribution >= 4 is 11.6 Å². The average Bonchev–Trinajstić information content (AvgIpc) is 2.68. The van der Waals surface area contributed by atoms with Gasteiger partial charge in [0.1, 0.15) is 0 Å². The molecule has 0 fully saturated rings. The maximum Gasteiger partial charge on any atom is 0.0818 e. The van der Waals surface area contributed by atoms with Crippen molar-refractivity contribution < 1.29 is 9.47 Å². The molecule has 17 heavy (non-hydrogen) atoms. The normalized spacial score (nSPS) is 11.0. The molecule has 0 aliphatic heterocycles. The Bertz CT molecular complexity index is 318. The predicted octanol–water partition coefficient (Wildman–Crippen LogP) is 0.961. The Labute approximate surface area is 107 Å². The van der Waals surface area contributed by atoms with Gasteiger partial charge in [0.05, 0.1) is 36.7 Å². The minimum atomic E-state index is 0.641. The fourth-order valence-corrected chi connectivity index (χ4v) is 1.75. The van der Waals surface area contributed by atoms with Crippen LogP contribution in [0.3, 0.4) is 0 Å². The van der Waals surface area contributed by atoms with E-state index in [1.165, 1.54) is 0 Å². The standard InChI is InChI=1S/C11H20ClN3O2/c1-16-7-5-13-4-3-11-10(12)9-14-15(11)6-8-17-2/h9,13H,3-8H2,1-2H3. The second-order valence-electron chi connectivity index (χ2n) is 3.65. The molecule has 0 aromatic carbocycles. The molecule has 0 atom stereocenters. The molecule has 6 heteroatoms. The smallest absolute Gasteiger partial charge is 0.0818 e. The van der Waals surface area contributed by atoms with Crippen molar-refractivity contribution in [2.75, 3.05) is 40.5 Å². The summed E-state index contributed by atoms with van der Waals surface area (Å²) in [6.07, 6.45) is 2.54. The Morgan fingerprint density at radius 3 is 2.76 bits per heavy atom. The highest BCUT2D eigenvalue weighted by atomic mass is 35.5. The van der Waals surface area contributed by atoms with E-state index in [9.17, 15) is 0 Å². The quantitative estimate of drug-likeness (QED) is 0.673. The molecule has 0 spiro atoms. The third kappa shape index (κ3) is 5.04. The highest BCUT2D eigenvalue weighted by Gasteiger charge is 2.08. The number of hydrogen-bond acceptors (Lipinski definition) is 4. The van der Waals surface area contributed by atoms with E-state index in [2.05, 4.69) is 10.4 Å². The van der Waals surface area contributed by atoms with E-state index >= 15 is 0 Å². The second kappa shape index (κ2) is 8.47. The second-order valence-corrected chi connectivity index (χ2v) is 4.06. The minimum absolute atomic E-state index is 0.641.